The van der Waals surface area contributed by atoms with Crippen LogP contribution in [-0.4, -0.2) is 38.4 Å². The van der Waals surface area contributed by atoms with Crippen LogP contribution in [0.1, 0.15) is 39.0 Å². The zero-order valence-electron chi connectivity index (χ0n) is 16.4. The lowest BCUT2D eigenvalue weighted by Gasteiger charge is -2.60. The average molecular weight is 373 g/mol. The van der Waals surface area contributed by atoms with Crippen LogP contribution in [0.15, 0.2) is 24.3 Å². The molecule has 1 aromatic rings. The van der Waals surface area contributed by atoms with E-state index >= 15 is 0 Å². The Morgan fingerprint density at radius 1 is 1.00 bits per heavy atom. The van der Waals surface area contributed by atoms with Crippen molar-refractivity contribution in [1.82, 2.24) is 5.32 Å². The van der Waals surface area contributed by atoms with Gasteiger partial charge in [0.05, 0.1) is 12.2 Å². The lowest BCUT2D eigenvalue weighted by atomic mass is 9.49. The van der Waals surface area contributed by atoms with Crippen molar-refractivity contribution in [3.05, 3.63) is 24.3 Å². The van der Waals surface area contributed by atoms with E-state index in [9.17, 15) is 4.79 Å². The van der Waals surface area contributed by atoms with Gasteiger partial charge in [-0.25, -0.2) is 0 Å². The highest BCUT2D eigenvalue weighted by Gasteiger charge is 2.57. The standard InChI is InChI=1S/C22H31NO4/c1-3-26-19-4-6-20(7-5-19)27-13-21(24)23-14-22(25-2)17-9-15-8-16(11-17)12-18(22)10-15/h4-7,15-18H,3,8-14H2,1-2H3,(H,23,24). The van der Waals surface area contributed by atoms with Gasteiger partial charge in [-0.3, -0.25) is 4.79 Å². The number of hydrogen-bond acceptors (Lipinski definition) is 4. The number of carbonyl (C=O) groups is 1. The molecule has 0 spiro atoms. The van der Waals surface area contributed by atoms with E-state index in [1.54, 1.807) is 0 Å². The summed E-state index contributed by atoms with van der Waals surface area (Å²) in [4.78, 5) is 12.4. The molecule has 4 saturated carbocycles. The number of methoxy groups -OCH3 is 1. The number of benzene rings is 1. The van der Waals surface area contributed by atoms with Crippen molar-refractivity contribution in [2.24, 2.45) is 23.7 Å². The van der Waals surface area contributed by atoms with Crippen molar-refractivity contribution >= 4 is 5.91 Å². The quantitative estimate of drug-likeness (QED) is 0.759. The molecule has 0 saturated heterocycles. The monoisotopic (exact) mass is 373 g/mol. The topological polar surface area (TPSA) is 56.8 Å². The number of nitrogens with one attached hydrogen (secondary N) is 1. The Labute approximate surface area is 161 Å². The second kappa shape index (κ2) is 7.70. The van der Waals surface area contributed by atoms with Crippen molar-refractivity contribution in [1.29, 1.82) is 0 Å². The van der Waals surface area contributed by atoms with Gasteiger partial charge in [0.25, 0.3) is 5.91 Å². The Morgan fingerprint density at radius 3 is 2.07 bits per heavy atom. The molecule has 4 aliphatic rings. The van der Waals surface area contributed by atoms with Gasteiger partial charge in [0.2, 0.25) is 0 Å². The summed E-state index contributed by atoms with van der Waals surface area (Å²) in [6, 6.07) is 7.36. The third-order valence-electron chi connectivity index (χ3n) is 6.97. The normalized spacial score (nSPS) is 33.7. The van der Waals surface area contributed by atoms with Gasteiger partial charge in [0, 0.05) is 13.7 Å². The smallest absolute Gasteiger partial charge is 0.258 e. The predicted molar refractivity (Wildman–Crippen MR) is 103 cm³/mol. The van der Waals surface area contributed by atoms with Gasteiger partial charge in [0.1, 0.15) is 11.5 Å². The molecule has 148 valence electrons. The number of ether oxygens (including phenoxy) is 3. The van der Waals surface area contributed by atoms with E-state index in [0.29, 0.717) is 30.7 Å². The molecule has 4 fully saturated rings. The Kier molecular flexibility index (Phi) is 5.31. The van der Waals surface area contributed by atoms with Crippen LogP contribution < -0.4 is 14.8 Å². The fraction of sp³-hybridized carbons (Fsp3) is 0.682. The summed E-state index contributed by atoms with van der Waals surface area (Å²) >= 11 is 0. The zero-order chi connectivity index (χ0) is 18.9. The minimum absolute atomic E-state index is 0.0222. The molecule has 1 aromatic carbocycles. The van der Waals surface area contributed by atoms with Crippen LogP contribution in [0, 0.1) is 23.7 Å². The molecule has 0 heterocycles. The molecule has 0 atom stereocenters. The number of hydrogen-bond donors (Lipinski definition) is 1. The van der Waals surface area contributed by atoms with E-state index in [1.807, 2.05) is 38.3 Å². The van der Waals surface area contributed by atoms with Crippen LogP contribution in [0.5, 0.6) is 11.5 Å². The summed E-state index contributed by atoms with van der Waals surface area (Å²) in [5, 5.41) is 3.09. The van der Waals surface area contributed by atoms with E-state index < -0.39 is 0 Å². The molecule has 5 heteroatoms. The molecule has 1 N–H and O–H groups in total. The van der Waals surface area contributed by atoms with Crippen molar-refractivity contribution in [2.75, 3.05) is 26.9 Å². The lowest BCUT2D eigenvalue weighted by molar-refractivity contribution is -0.188. The summed E-state index contributed by atoms with van der Waals surface area (Å²) in [6.45, 7) is 3.20. The van der Waals surface area contributed by atoms with Crippen LogP contribution in [0.3, 0.4) is 0 Å². The maximum absolute atomic E-state index is 12.4. The first-order valence-electron chi connectivity index (χ1n) is 10.3. The predicted octanol–water partition coefficient (Wildman–Crippen LogP) is 3.42. The maximum atomic E-state index is 12.4. The molecule has 4 aliphatic carbocycles. The van der Waals surface area contributed by atoms with Gasteiger partial charge in [-0.1, -0.05) is 0 Å². The minimum atomic E-state index is -0.178. The largest absolute Gasteiger partial charge is 0.494 e. The van der Waals surface area contributed by atoms with Crippen LogP contribution in [0.25, 0.3) is 0 Å². The minimum Gasteiger partial charge on any atom is -0.494 e. The molecule has 27 heavy (non-hydrogen) atoms. The highest BCUT2D eigenvalue weighted by Crippen LogP contribution is 2.59. The highest BCUT2D eigenvalue weighted by atomic mass is 16.5. The van der Waals surface area contributed by atoms with Crippen molar-refractivity contribution < 1.29 is 19.0 Å². The summed E-state index contributed by atoms with van der Waals surface area (Å²) < 4.78 is 17.1. The lowest BCUT2D eigenvalue weighted by Crippen LogP contribution is -2.63. The summed E-state index contributed by atoms with van der Waals surface area (Å²) in [5.41, 5.74) is -0.178. The van der Waals surface area contributed by atoms with Gasteiger partial charge in [0.15, 0.2) is 6.61 Å². The molecule has 0 unspecified atom stereocenters. The van der Waals surface area contributed by atoms with E-state index in [0.717, 1.165) is 17.6 Å². The average Bonchev–Trinajstić information content (AvgIpc) is 2.67. The van der Waals surface area contributed by atoms with E-state index in [-0.39, 0.29) is 18.1 Å². The number of carbonyl (C=O) groups excluding carboxylic acids is 1. The molecule has 0 radical (unpaired) electrons. The van der Waals surface area contributed by atoms with Crippen LogP contribution in [0.2, 0.25) is 0 Å². The SMILES string of the molecule is CCOc1ccc(OCC(=O)NCC2(OC)C3CC4CC(C3)CC2C4)cc1. The fourth-order valence-electron chi connectivity index (χ4n) is 5.91. The molecule has 4 bridgehead atoms. The third-order valence-corrected chi connectivity index (χ3v) is 6.97. The molecule has 0 aromatic heterocycles. The molecule has 5 nitrogen and oxygen atoms in total. The summed E-state index contributed by atoms with van der Waals surface area (Å²) in [5.74, 6) is 4.33. The third kappa shape index (κ3) is 3.66. The molecular formula is C22H31NO4. The van der Waals surface area contributed by atoms with E-state index in [4.69, 9.17) is 14.2 Å². The second-order valence-corrected chi connectivity index (χ2v) is 8.43. The molecular weight excluding hydrogens is 342 g/mol. The first-order valence-corrected chi connectivity index (χ1v) is 10.3. The van der Waals surface area contributed by atoms with Gasteiger partial charge in [-0.05, 0) is 87.0 Å². The number of rotatable bonds is 8. The van der Waals surface area contributed by atoms with Crippen molar-refractivity contribution in [3.63, 3.8) is 0 Å². The second-order valence-electron chi connectivity index (χ2n) is 8.43. The Morgan fingerprint density at radius 2 is 1.56 bits per heavy atom. The van der Waals surface area contributed by atoms with E-state index in [2.05, 4.69) is 5.32 Å². The molecule has 0 aliphatic heterocycles. The van der Waals surface area contributed by atoms with Gasteiger partial charge in [-0.2, -0.15) is 0 Å². The Hall–Kier alpha value is -1.75. The highest BCUT2D eigenvalue weighted by molar-refractivity contribution is 5.77. The number of amides is 1. The van der Waals surface area contributed by atoms with Gasteiger partial charge in [-0.15, -0.1) is 0 Å². The zero-order valence-corrected chi connectivity index (χ0v) is 16.4. The molecule has 5 rings (SSSR count). The summed E-state index contributed by atoms with van der Waals surface area (Å²) in [6.07, 6.45) is 6.46. The molecule has 1 amide bonds. The summed E-state index contributed by atoms with van der Waals surface area (Å²) in [7, 11) is 1.82. The van der Waals surface area contributed by atoms with Gasteiger partial charge >= 0.3 is 0 Å². The first-order chi connectivity index (χ1) is 13.1. The van der Waals surface area contributed by atoms with Crippen LogP contribution >= 0.6 is 0 Å². The maximum Gasteiger partial charge on any atom is 0.258 e. The Balaban J connectivity index is 1.29. The Bertz CT molecular complexity index is 629. The van der Waals surface area contributed by atoms with E-state index in [1.165, 1.54) is 32.1 Å². The van der Waals surface area contributed by atoms with Crippen molar-refractivity contribution in [2.45, 2.75) is 44.6 Å². The first kappa shape index (κ1) is 18.6. The van der Waals surface area contributed by atoms with Crippen LogP contribution in [0.4, 0.5) is 0 Å². The van der Waals surface area contributed by atoms with Crippen LogP contribution in [-0.2, 0) is 9.53 Å². The fourth-order valence-corrected chi connectivity index (χ4v) is 5.91. The van der Waals surface area contributed by atoms with Crippen molar-refractivity contribution in [3.8, 4) is 11.5 Å². The van der Waals surface area contributed by atoms with Gasteiger partial charge < -0.3 is 19.5 Å².